The van der Waals surface area contributed by atoms with Crippen molar-refractivity contribution in [3.05, 3.63) is 64.7 Å². The molecule has 116 valence electrons. The van der Waals surface area contributed by atoms with Crippen molar-refractivity contribution in [2.24, 2.45) is 0 Å². The van der Waals surface area contributed by atoms with Crippen molar-refractivity contribution in [1.82, 2.24) is 9.78 Å². The highest BCUT2D eigenvalue weighted by Crippen LogP contribution is 2.34. The summed E-state index contributed by atoms with van der Waals surface area (Å²) in [5.41, 5.74) is 5.86. The van der Waals surface area contributed by atoms with Crippen LogP contribution in [0.25, 0.3) is 16.9 Å². The molecule has 1 N–H and O–H groups in total. The summed E-state index contributed by atoms with van der Waals surface area (Å²) in [7, 11) is 0. The van der Waals surface area contributed by atoms with Gasteiger partial charge in [0.15, 0.2) is 0 Å². The maximum absolute atomic E-state index is 6.01. The van der Waals surface area contributed by atoms with Crippen LogP contribution in [0, 0.1) is 0 Å². The largest absolute Gasteiger partial charge is 0.369 e. The predicted octanol–water partition coefficient (Wildman–Crippen LogP) is 4.72. The van der Waals surface area contributed by atoms with Crippen molar-refractivity contribution in [3.63, 3.8) is 0 Å². The highest BCUT2D eigenvalue weighted by atomic mass is 35.5. The minimum atomic E-state index is 0.748. The minimum Gasteiger partial charge on any atom is -0.369 e. The maximum atomic E-state index is 6.01. The zero-order valence-corrected chi connectivity index (χ0v) is 13.8. The second kappa shape index (κ2) is 5.74. The van der Waals surface area contributed by atoms with Crippen molar-refractivity contribution in [2.45, 2.75) is 19.8 Å². The second-order valence-electron chi connectivity index (χ2n) is 5.79. The van der Waals surface area contributed by atoms with Crippen LogP contribution in [-0.4, -0.2) is 16.3 Å². The van der Waals surface area contributed by atoms with Crippen molar-refractivity contribution < 1.29 is 0 Å². The van der Waals surface area contributed by atoms with E-state index < -0.39 is 0 Å². The summed E-state index contributed by atoms with van der Waals surface area (Å²) >= 11 is 6.01. The molecular formula is C19H18ClN3. The van der Waals surface area contributed by atoms with Gasteiger partial charge in [0.1, 0.15) is 5.82 Å². The van der Waals surface area contributed by atoms with Gasteiger partial charge >= 0.3 is 0 Å². The van der Waals surface area contributed by atoms with Crippen LogP contribution in [-0.2, 0) is 12.8 Å². The van der Waals surface area contributed by atoms with E-state index in [1.165, 1.54) is 11.1 Å². The third-order valence-electron chi connectivity index (χ3n) is 4.36. The van der Waals surface area contributed by atoms with E-state index in [4.69, 9.17) is 16.7 Å². The van der Waals surface area contributed by atoms with Gasteiger partial charge in [0.05, 0.1) is 11.4 Å². The molecule has 2 heterocycles. The Balaban J connectivity index is 1.82. The minimum absolute atomic E-state index is 0.748. The fourth-order valence-electron chi connectivity index (χ4n) is 3.07. The zero-order valence-electron chi connectivity index (χ0n) is 13.0. The molecule has 2 aromatic carbocycles. The third-order valence-corrected chi connectivity index (χ3v) is 4.61. The van der Waals surface area contributed by atoms with Crippen LogP contribution in [0.3, 0.4) is 0 Å². The van der Waals surface area contributed by atoms with Gasteiger partial charge in [-0.05, 0) is 42.7 Å². The lowest BCUT2D eigenvalue weighted by molar-refractivity contribution is 0.881. The van der Waals surface area contributed by atoms with Crippen LogP contribution >= 0.6 is 11.6 Å². The van der Waals surface area contributed by atoms with E-state index in [1.54, 1.807) is 0 Å². The van der Waals surface area contributed by atoms with Crippen LogP contribution in [0.2, 0.25) is 5.02 Å². The van der Waals surface area contributed by atoms with Gasteiger partial charge < -0.3 is 5.32 Å². The van der Waals surface area contributed by atoms with Crippen molar-refractivity contribution in [1.29, 1.82) is 0 Å². The van der Waals surface area contributed by atoms with Crippen molar-refractivity contribution in [2.75, 3.05) is 11.9 Å². The molecule has 0 unspecified atom stereocenters. The van der Waals surface area contributed by atoms with Gasteiger partial charge in [-0.25, -0.2) is 4.68 Å². The first kappa shape index (κ1) is 14.3. The number of halogens is 1. The molecule has 0 atom stereocenters. The Morgan fingerprint density at radius 1 is 1.09 bits per heavy atom. The van der Waals surface area contributed by atoms with E-state index in [9.17, 15) is 0 Å². The van der Waals surface area contributed by atoms with Crippen LogP contribution in [0.15, 0.2) is 48.5 Å². The average molecular weight is 324 g/mol. The summed E-state index contributed by atoms with van der Waals surface area (Å²) < 4.78 is 2.02. The summed E-state index contributed by atoms with van der Waals surface area (Å²) in [4.78, 5) is 0. The van der Waals surface area contributed by atoms with Crippen molar-refractivity contribution >= 4 is 17.4 Å². The summed E-state index contributed by atoms with van der Waals surface area (Å²) in [6.45, 7) is 3.13. The normalized spacial score (nSPS) is 13.0. The van der Waals surface area contributed by atoms with E-state index in [1.807, 2.05) is 28.9 Å². The van der Waals surface area contributed by atoms with Gasteiger partial charge in [-0.2, -0.15) is 5.10 Å². The molecular weight excluding hydrogens is 306 g/mol. The molecule has 0 spiro atoms. The molecule has 4 rings (SSSR count). The number of nitrogens with zero attached hydrogens (tertiary/aromatic N) is 2. The molecule has 3 aromatic rings. The first-order chi connectivity index (χ1) is 11.3. The lowest BCUT2D eigenvalue weighted by Gasteiger charge is -2.07. The van der Waals surface area contributed by atoms with Gasteiger partial charge in [-0.1, -0.05) is 42.8 Å². The Morgan fingerprint density at radius 3 is 2.52 bits per heavy atom. The topological polar surface area (TPSA) is 29.9 Å². The van der Waals surface area contributed by atoms with Crippen LogP contribution in [0.5, 0.6) is 0 Å². The Bertz CT molecular complexity index is 832. The van der Waals surface area contributed by atoms with Gasteiger partial charge in [0.25, 0.3) is 0 Å². The number of nitrogens with one attached hydrogen (secondary N) is 1. The quantitative estimate of drug-likeness (QED) is 0.755. The van der Waals surface area contributed by atoms with Gasteiger partial charge in [-0.3, -0.25) is 0 Å². The Hall–Kier alpha value is -2.26. The van der Waals surface area contributed by atoms with E-state index >= 15 is 0 Å². The smallest absolute Gasteiger partial charge is 0.133 e. The van der Waals surface area contributed by atoms with E-state index in [-0.39, 0.29) is 0 Å². The molecule has 4 heteroatoms. The summed E-state index contributed by atoms with van der Waals surface area (Å²) in [6, 6.07) is 16.5. The summed E-state index contributed by atoms with van der Waals surface area (Å²) in [6.07, 6.45) is 2.05. The van der Waals surface area contributed by atoms with Crippen molar-refractivity contribution in [3.8, 4) is 16.9 Å². The Kier molecular flexibility index (Phi) is 3.58. The lowest BCUT2D eigenvalue weighted by atomic mass is 10.1. The number of benzene rings is 2. The third kappa shape index (κ3) is 2.51. The van der Waals surface area contributed by atoms with Crippen LogP contribution in [0.1, 0.15) is 18.1 Å². The molecule has 0 aliphatic carbocycles. The van der Waals surface area contributed by atoms with Crippen LogP contribution in [0.4, 0.5) is 5.82 Å². The molecule has 0 saturated carbocycles. The SMILES string of the molecule is CCc1ccc(-n2nc(-c3ccc(Cl)cc3)c3c2NCC3)cc1. The number of aromatic nitrogens is 2. The molecule has 0 fully saturated rings. The number of hydrogen-bond acceptors (Lipinski definition) is 2. The second-order valence-corrected chi connectivity index (χ2v) is 6.23. The molecule has 23 heavy (non-hydrogen) atoms. The first-order valence-corrected chi connectivity index (χ1v) is 8.35. The molecule has 1 aromatic heterocycles. The standard InChI is InChI=1S/C19H18ClN3/c1-2-13-3-9-16(10-4-13)23-19-17(11-12-21-19)18(22-23)14-5-7-15(20)8-6-14/h3-10,21H,2,11-12H2,1H3. The number of fused-ring (bicyclic) bond motifs is 1. The first-order valence-electron chi connectivity index (χ1n) is 7.97. The highest BCUT2D eigenvalue weighted by Gasteiger charge is 2.23. The molecule has 0 saturated heterocycles. The Labute approximate surface area is 140 Å². The van der Waals surface area contributed by atoms with E-state index in [0.717, 1.165) is 47.2 Å². The highest BCUT2D eigenvalue weighted by molar-refractivity contribution is 6.30. The maximum Gasteiger partial charge on any atom is 0.133 e. The van der Waals surface area contributed by atoms with E-state index in [2.05, 4.69) is 36.5 Å². The molecule has 1 aliphatic rings. The monoisotopic (exact) mass is 323 g/mol. The fourth-order valence-corrected chi connectivity index (χ4v) is 3.20. The number of rotatable bonds is 3. The van der Waals surface area contributed by atoms with Gasteiger partial charge in [-0.15, -0.1) is 0 Å². The summed E-state index contributed by atoms with van der Waals surface area (Å²) in [5.74, 6) is 1.11. The average Bonchev–Trinajstić information content (AvgIpc) is 3.18. The molecule has 0 radical (unpaired) electrons. The summed E-state index contributed by atoms with van der Waals surface area (Å²) in [5, 5.41) is 9.09. The van der Waals surface area contributed by atoms with Crippen LogP contribution < -0.4 is 5.32 Å². The van der Waals surface area contributed by atoms with Gasteiger partial charge in [0.2, 0.25) is 0 Å². The van der Waals surface area contributed by atoms with Gasteiger partial charge in [0, 0.05) is 22.7 Å². The Morgan fingerprint density at radius 2 is 1.83 bits per heavy atom. The molecule has 0 bridgehead atoms. The fraction of sp³-hybridized carbons (Fsp3) is 0.211. The number of hydrogen-bond donors (Lipinski definition) is 1. The number of anilines is 1. The molecule has 1 aliphatic heterocycles. The molecule has 3 nitrogen and oxygen atoms in total. The van der Waals surface area contributed by atoms with E-state index in [0.29, 0.717) is 0 Å². The predicted molar refractivity (Wildman–Crippen MR) is 95.6 cm³/mol. The zero-order chi connectivity index (χ0) is 15.8. The lowest BCUT2D eigenvalue weighted by Crippen LogP contribution is -2.04. The number of aryl methyl sites for hydroxylation is 1. The molecule has 0 amide bonds.